The van der Waals surface area contributed by atoms with Crippen LogP contribution in [0.2, 0.25) is 0 Å². The van der Waals surface area contributed by atoms with E-state index < -0.39 is 49.5 Å². The Hall–Kier alpha value is -1.86. The fourth-order valence-electron chi connectivity index (χ4n) is 8.43. The summed E-state index contributed by atoms with van der Waals surface area (Å²) in [6.45, 7) is 4.26. The van der Waals surface area contributed by atoms with Gasteiger partial charge in [0.05, 0.1) is 32.0 Å². The van der Waals surface area contributed by atoms with Crippen LogP contribution in [0, 0.1) is 0 Å². The van der Waals surface area contributed by atoms with Crippen molar-refractivity contribution in [2.75, 3.05) is 19.8 Å². The molecule has 65 heavy (non-hydrogen) atoms. The highest BCUT2D eigenvalue weighted by atomic mass is 16.7. The molecule has 1 saturated heterocycles. The van der Waals surface area contributed by atoms with Gasteiger partial charge in [-0.05, 0) is 57.8 Å². The molecule has 0 aromatic rings. The molecule has 6 N–H and O–H groups in total. The molecule has 11 nitrogen and oxygen atoms in total. The lowest BCUT2D eigenvalue weighted by Crippen LogP contribution is -2.60. The van der Waals surface area contributed by atoms with Crippen molar-refractivity contribution in [3.05, 3.63) is 24.3 Å². The fourth-order valence-corrected chi connectivity index (χ4v) is 8.43. The number of allylic oxidation sites excluding steroid dienone is 3. The quantitative estimate of drug-likeness (QED) is 0.0196. The van der Waals surface area contributed by atoms with Crippen LogP contribution in [0.25, 0.3) is 0 Å². The molecule has 1 rings (SSSR count). The van der Waals surface area contributed by atoms with Crippen molar-refractivity contribution in [1.29, 1.82) is 0 Å². The lowest BCUT2D eigenvalue weighted by atomic mass is 9.99. The first-order valence-corrected chi connectivity index (χ1v) is 27.1. The minimum Gasteiger partial charge on any atom is -0.466 e. The molecule has 1 fully saturated rings. The van der Waals surface area contributed by atoms with Crippen LogP contribution in [0.4, 0.5) is 0 Å². The number of carbonyl (C=O) groups excluding carboxylic acids is 2. The maximum absolute atomic E-state index is 13.0. The molecule has 382 valence electrons. The monoisotopic (exact) mass is 924 g/mol. The fraction of sp³-hybridized carbons (Fsp3) is 0.889. The first-order valence-electron chi connectivity index (χ1n) is 27.1. The summed E-state index contributed by atoms with van der Waals surface area (Å²) in [7, 11) is 0. The normalized spacial score (nSPS) is 19.9. The molecule has 0 saturated carbocycles. The van der Waals surface area contributed by atoms with E-state index in [0.717, 1.165) is 83.5 Å². The standard InChI is InChI=1S/C54H101NO10/c1-3-5-7-9-11-13-14-18-22-26-30-34-38-42-50(59)63-43-39-35-31-27-23-20-17-15-16-19-21-25-29-33-37-41-49(58)55-46(47(57)40-36-32-28-24-12-10-8-6-4-2)45-64-54-53(62)52(61)51(60)48(44-56)65-54/h17,20,36,40,46-48,51-54,56-57,60-62H,3-16,18-19,21-35,37-39,41-45H2,1-2H3,(H,55,58)/b20-17-,40-36+. The molecule has 0 bridgehead atoms. The second-order valence-electron chi connectivity index (χ2n) is 18.9. The van der Waals surface area contributed by atoms with Gasteiger partial charge in [-0.2, -0.15) is 0 Å². The average molecular weight is 924 g/mol. The number of aliphatic hydroxyl groups is 5. The van der Waals surface area contributed by atoms with E-state index in [0.29, 0.717) is 19.4 Å². The Balaban J connectivity index is 2.11. The van der Waals surface area contributed by atoms with Crippen LogP contribution in [0.5, 0.6) is 0 Å². The number of hydrogen-bond donors (Lipinski definition) is 6. The Morgan fingerprint density at radius 2 is 0.985 bits per heavy atom. The van der Waals surface area contributed by atoms with Gasteiger partial charge in [0.25, 0.3) is 0 Å². The van der Waals surface area contributed by atoms with E-state index in [9.17, 15) is 35.1 Å². The summed E-state index contributed by atoms with van der Waals surface area (Å²) in [6.07, 6.45) is 41.2. The van der Waals surface area contributed by atoms with Crippen LogP contribution in [-0.4, -0.2) is 100 Å². The van der Waals surface area contributed by atoms with E-state index in [4.69, 9.17) is 14.2 Å². The van der Waals surface area contributed by atoms with E-state index in [1.54, 1.807) is 6.08 Å². The first kappa shape index (κ1) is 61.2. The molecule has 1 aliphatic rings. The van der Waals surface area contributed by atoms with Gasteiger partial charge in [-0.25, -0.2) is 0 Å². The lowest BCUT2D eigenvalue weighted by molar-refractivity contribution is -0.302. The molecular formula is C54H101NO10. The third-order valence-corrected chi connectivity index (χ3v) is 12.8. The molecule has 1 heterocycles. The van der Waals surface area contributed by atoms with Gasteiger partial charge in [0.15, 0.2) is 6.29 Å². The van der Waals surface area contributed by atoms with Crippen molar-refractivity contribution in [3.63, 3.8) is 0 Å². The molecule has 0 aromatic heterocycles. The van der Waals surface area contributed by atoms with Crippen LogP contribution < -0.4 is 5.32 Å². The zero-order valence-electron chi connectivity index (χ0n) is 41.7. The van der Waals surface area contributed by atoms with E-state index in [1.165, 1.54) is 135 Å². The summed E-state index contributed by atoms with van der Waals surface area (Å²) in [5, 5.41) is 54.1. The number of hydrogen-bond acceptors (Lipinski definition) is 10. The molecule has 0 spiro atoms. The van der Waals surface area contributed by atoms with Crippen molar-refractivity contribution in [3.8, 4) is 0 Å². The number of rotatable bonds is 46. The Labute approximate surface area is 397 Å². The van der Waals surface area contributed by atoms with Crippen molar-refractivity contribution < 1.29 is 49.3 Å². The predicted octanol–water partition coefficient (Wildman–Crippen LogP) is 11.4. The zero-order chi connectivity index (χ0) is 47.4. The van der Waals surface area contributed by atoms with E-state index >= 15 is 0 Å². The van der Waals surface area contributed by atoms with Crippen LogP contribution in [-0.2, 0) is 23.8 Å². The van der Waals surface area contributed by atoms with Crippen LogP contribution in [0.1, 0.15) is 245 Å². The molecule has 7 unspecified atom stereocenters. The third-order valence-electron chi connectivity index (χ3n) is 12.8. The summed E-state index contributed by atoms with van der Waals surface area (Å²) in [5.41, 5.74) is 0. The number of nitrogens with one attached hydrogen (secondary N) is 1. The maximum atomic E-state index is 13.0. The Kier molecular flexibility index (Phi) is 42.0. The minimum atomic E-state index is -1.57. The van der Waals surface area contributed by atoms with Gasteiger partial charge in [-0.1, -0.05) is 199 Å². The van der Waals surface area contributed by atoms with Gasteiger partial charge in [0.1, 0.15) is 24.4 Å². The van der Waals surface area contributed by atoms with Crippen LogP contribution in [0.15, 0.2) is 24.3 Å². The van der Waals surface area contributed by atoms with E-state index in [-0.39, 0.29) is 18.5 Å². The third kappa shape index (κ3) is 35.0. The molecule has 0 aromatic carbocycles. The maximum Gasteiger partial charge on any atom is 0.305 e. The smallest absolute Gasteiger partial charge is 0.305 e. The van der Waals surface area contributed by atoms with Gasteiger partial charge in [-0.15, -0.1) is 0 Å². The Morgan fingerprint density at radius 1 is 0.554 bits per heavy atom. The summed E-state index contributed by atoms with van der Waals surface area (Å²) < 4.78 is 16.6. The van der Waals surface area contributed by atoms with E-state index in [2.05, 4.69) is 31.3 Å². The molecule has 1 amide bonds. The summed E-state index contributed by atoms with van der Waals surface area (Å²) >= 11 is 0. The summed E-state index contributed by atoms with van der Waals surface area (Å²) in [4.78, 5) is 25.0. The van der Waals surface area contributed by atoms with Crippen molar-refractivity contribution in [2.24, 2.45) is 0 Å². The predicted molar refractivity (Wildman–Crippen MR) is 264 cm³/mol. The highest BCUT2D eigenvalue weighted by Gasteiger charge is 2.44. The van der Waals surface area contributed by atoms with Gasteiger partial charge < -0.3 is 45.1 Å². The largest absolute Gasteiger partial charge is 0.466 e. The van der Waals surface area contributed by atoms with Gasteiger partial charge in [0.2, 0.25) is 5.91 Å². The van der Waals surface area contributed by atoms with Crippen LogP contribution >= 0.6 is 0 Å². The van der Waals surface area contributed by atoms with Gasteiger partial charge >= 0.3 is 5.97 Å². The second kappa shape index (κ2) is 44.6. The number of aliphatic hydroxyl groups excluding tert-OH is 5. The first-order chi connectivity index (χ1) is 31.7. The number of ether oxygens (including phenoxy) is 3. The topological polar surface area (TPSA) is 175 Å². The summed E-state index contributed by atoms with van der Waals surface area (Å²) in [5.74, 6) is -0.228. The van der Waals surface area contributed by atoms with Gasteiger partial charge in [0, 0.05) is 12.8 Å². The number of carbonyl (C=O) groups is 2. The van der Waals surface area contributed by atoms with Crippen molar-refractivity contribution >= 4 is 11.9 Å². The lowest BCUT2D eigenvalue weighted by Gasteiger charge is -2.40. The Morgan fingerprint density at radius 3 is 1.48 bits per heavy atom. The highest BCUT2D eigenvalue weighted by Crippen LogP contribution is 2.23. The van der Waals surface area contributed by atoms with Gasteiger partial charge in [-0.3, -0.25) is 9.59 Å². The Bertz CT molecular complexity index is 1130. The van der Waals surface area contributed by atoms with E-state index in [1.807, 2.05) is 6.08 Å². The van der Waals surface area contributed by atoms with Crippen molar-refractivity contribution in [1.82, 2.24) is 5.32 Å². The average Bonchev–Trinajstić information content (AvgIpc) is 3.30. The SMILES string of the molecule is CCCCCCCCC/C=C/C(O)C(COC1OC(CO)C(O)C(O)C1O)NC(=O)CCCCCCCCC/C=C\CCCCCCOC(=O)CCCCCCCCCCCCCCC. The van der Waals surface area contributed by atoms with Crippen molar-refractivity contribution in [2.45, 2.75) is 288 Å². The number of esters is 1. The number of unbranched alkanes of at least 4 members (excludes halogenated alkanes) is 30. The molecule has 0 aliphatic carbocycles. The second-order valence-corrected chi connectivity index (χ2v) is 18.9. The summed E-state index contributed by atoms with van der Waals surface area (Å²) in [6, 6.07) is -0.819. The number of amides is 1. The highest BCUT2D eigenvalue weighted by molar-refractivity contribution is 5.76. The molecular weight excluding hydrogens is 823 g/mol. The molecule has 1 aliphatic heterocycles. The minimum absolute atomic E-state index is 0.0283. The van der Waals surface area contributed by atoms with Crippen LogP contribution in [0.3, 0.4) is 0 Å². The molecule has 11 heteroatoms. The molecule has 7 atom stereocenters. The molecule has 0 radical (unpaired) electrons. The zero-order valence-corrected chi connectivity index (χ0v) is 41.7.